The molecule has 9 heteroatoms. The van der Waals surface area contributed by atoms with Gasteiger partial charge in [0.25, 0.3) is 0 Å². The molecule has 0 radical (unpaired) electrons. The van der Waals surface area contributed by atoms with Crippen LogP contribution in [0.4, 0.5) is 0 Å². The van der Waals surface area contributed by atoms with Gasteiger partial charge in [0, 0.05) is 12.4 Å². The van der Waals surface area contributed by atoms with Gasteiger partial charge < -0.3 is 14.9 Å². The highest BCUT2D eigenvalue weighted by Crippen LogP contribution is 2.11. The molecular formula is C14H8N2O7. The summed E-state index contributed by atoms with van der Waals surface area (Å²) in [6.45, 7) is 0. The third kappa shape index (κ3) is 3.35. The van der Waals surface area contributed by atoms with Crippen molar-refractivity contribution < 1.29 is 34.1 Å². The minimum absolute atomic E-state index is 0.454. The van der Waals surface area contributed by atoms with E-state index < -0.39 is 46.4 Å². The summed E-state index contributed by atoms with van der Waals surface area (Å²) in [5.74, 6) is -5.51. The normalized spacial score (nSPS) is 9.91. The van der Waals surface area contributed by atoms with Crippen molar-refractivity contribution >= 4 is 23.9 Å². The van der Waals surface area contributed by atoms with E-state index in [1.54, 1.807) is 0 Å². The van der Waals surface area contributed by atoms with Gasteiger partial charge in [-0.3, -0.25) is 0 Å². The van der Waals surface area contributed by atoms with Gasteiger partial charge in [0.05, 0.1) is 11.1 Å². The average Bonchev–Trinajstić information content (AvgIpc) is 2.54. The lowest BCUT2D eigenvalue weighted by Gasteiger charge is -2.06. The molecule has 0 spiro atoms. The maximum Gasteiger partial charge on any atom is 0.365 e. The molecule has 0 fully saturated rings. The number of carboxylic acids is 2. The van der Waals surface area contributed by atoms with Crippen LogP contribution in [-0.2, 0) is 4.74 Å². The number of nitrogens with zero attached hydrogens (tertiary/aromatic N) is 2. The number of carboxylic acid groups (broad SMARTS) is 2. The molecule has 2 N–H and O–H groups in total. The zero-order valence-corrected chi connectivity index (χ0v) is 11.3. The van der Waals surface area contributed by atoms with Crippen molar-refractivity contribution in [2.24, 2.45) is 0 Å². The molecule has 9 nitrogen and oxygen atoms in total. The summed E-state index contributed by atoms with van der Waals surface area (Å²) in [6, 6.07) is 4.81. The topological polar surface area (TPSA) is 144 Å². The van der Waals surface area contributed by atoms with Gasteiger partial charge in [-0.05, 0) is 24.3 Å². The van der Waals surface area contributed by atoms with E-state index in [1.807, 2.05) is 0 Å². The number of carbonyl (C=O) groups is 4. The quantitative estimate of drug-likeness (QED) is 0.620. The van der Waals surface area contributed by atoms with E-state index in [-0.39, 0.29) is 0 Å². The summed E-state index contributed by atoms with van der Waals surface area (Å²) < 4.78 is 4.47. The largest absolute Gasteiger partial charge is 0.478 e. The highest BCUT2D eigenvalue weighted by Gasteiger charge is 2.25. The van der Waals surface area contributed by atoms with Crippen LogP contribution in [0.1, 0.15) is 41.7 Å². The first-order valence-corrected chi connectivity index (χ1v) is 6.05. The van der Waals surface area contributed by atoms with Gasteiger partial charge in [-0.15, -0.1) is 0 Å². The van der Waals surface area contributed by atoms with Crippen molar-refractivity contribution in [1.82, 2.24) is 9.97 Å². The van der Waals surface area contributed by atoms with Gasteiger partial charge in [-0.25, -0.2) is 29.1 Å². The maximum absolute atomic E-state index is 11.9. The zero-order chi connectivity index (χ0) is 17.0. The number of ether oxygens (including phenoxy) is 1. The van der Waals surface area contributed by atoms with Crippen LogP contribution in [0.3, 0.4) is 0 Å². The molecule has 23 heavy (non-hydrogen) atoms. The van der Waals surface area contributed by atoms with E-state index in [9.17, 15) is 19.2 Å². The number of hydrogen-bond donors (Lipinski definition) is 2. The Kier molecular flexibility index (Phi) is 4.41. The van der Waals surface area contributed by atoms with E-state index in [0.717, 1.165) is 24.5 Å². The standard InChI is InChI=1S/C14H8N2O7/c17-11(18)7-3-1-5-15-9(7)13(21)23-14(22)10-8(12(19)20)4-2-6-16-10/h1-6H,(H,17,18)(H,19,20). The molecule has 0 saturated carbocycles. The van der Waals surface area contributed by atoms with E-state index in [1.165, 1.54) is 12.1 Å². The molecule has 0 aromatic carbocycles. The Balaban J connectivity index is 2.30. The third-order valence-corrected chi connectivity index (χ3v) is 2.65. The second kappa shape index (κ2) is 6.43. The summed E-state index contributed by atoms with van der Waals surface area (Å²) >= 11 is 0. The summed E-state index contributed by atoms with van der Waals surface area (Å²) in [6.07, 6.45) is 2.30. The summed E-state index contributed by atoms with van der Waals surface area (Å²) in [5.41, 5.74) is -2.07. The number of aromatic carboxylic acids is 2. The molecule has 2 heterocycles. The molecule has 2 rings (SSSR count). The number of pyridine rings is 2. The first-order valence-electron chi connectivity index (χ1n) is 6.05. The molecule has 0 unspecified atom stereocenters. The van der Waals surface area contributed by atoms with E-state index in [2.05, 4.69) is 14.7 Å². The van der Waals surface area contributed by atoms with Gasteiger partial charge in [-0.1, -0.05) is 0 Å². The van der Waals surface area contributed by atoms with Crippen LogP contribution in [-0.4, -0.2) is 44.1 Å². The smallest absolute Gasteiger partial charge is 0.365 e. The van der Waals surface area contributed by atoms with Crippen LogP contribution in [0, 0.1) is 0 Å². The fourth-order valence-corrected chi connectivity index (χ4v) is 1.66. The molecule has 2 aromatic heterocycles. The summed E-state index contributed by atoms with van der Waals surface area (Å²) in [7, 11) is 0. The Morgan fingerprint density at radius 3 is 1.52 bits per heavy atom. The minimum atomic E-state index is -1.43. The predicted octanol–water partition coefficient (Wildman–Crippen LogP) is 0.870. The molecule has 0 aliphatic heterocycles. The molecule has 0 aliphatic rings. The van der Waals surface area contributed by atoms with Crippen molar-refractivity contribution in [3.63, 3.8) is 0 Å². The summed E-state index contributed by atoms with van der Waals surface area (Å²) in [4.78, 5) is 52.9. The highest BCUT2D eigenvalue weighted by atomic mass is 16.6. The van der Waals surface area contributed by atoms with Crippen molar-refractivity contribution in [2.75, 3.05) is 0 Å². The van der Waals surface area contributed by atoms with Crippen molar-refractivity contribution in [2.45, 2.75) is 0 Å². The maximum atomic E-state index is 11.9. The lowest BCUT2D eigenvalue weighted by molar-refractivity contribution is 0.0378. The Morgan fingerprint density at radius 1 is 0.783 bits per heavy atom. The van der Waals surface area contributed by atoms with Gasteiger partial charge in [0.2, 0.25) is 0 Å². The number of rotatable bonds is 4. The molecule has 0 saturated heterocycles. The second-order valence-electron chi connectivity index (χ2n) is 4.09. The molecule has 0 aliphatic carbocycles. The monoisotopic (exact) mass is 316 g/mol. The van der Waals surface area contributed by atoms with Crippen molar-refractivity contribution in [1.29, 1.82) is 0 Å². The molecule has 0 atom stereocenters. The Hall–Kier alpha value is -3.62. The van der Waals surface area contributed by atoms with Gasteiger partial charge >= 0.3 is 23.9 Å². The minimum Gasteiger partial charge on any atom is -0.478 e. The van der Waals surface area contributed by atoms with Crippen LogP contribution >= 0.6 is 0 Å². The van der Waals surface area contributed by atoms with E-state index in [0.29, 0.717) is 0 Å². The molecular weight excluding hydrogens is 308 g/mol. The van der Waals surface area contributed by atoms with Crippen LogP contribution in [0.25, 0.3) is 0 Å². The number of hydrogen-bond acceptors (Lipinski definition) is 7. The molecule has 0 bridgehead atoms. The van der Waals surface area contributed by atoms with Crippen LogP contribution in [0.5, 0.6) is 0 Å². The third-order valence-electron chi connectivity index (χ3n) is 2.65. The fraction of sp³-hybridized carbons (Fsp3) is 0. The predicted molar refractivity (Wildman–Crippen MR) is 72.1 cm³/mol. The van der Waals surface area contributed by atoms with Crippen LogP contribution in [0.15, 0.2) is 36.7 Å². The van der Waals surface area contributed by atoms with Gasteiger partial charge in [0.1, 0.15) is 0 Å². The Bertz CT molecular complexity index is 749. The molecule has 0 amide bonds. The Morgan fingerprint density at radius 2 is 1.17 bits per heavy atom. The highest BCUT2D eigenvalue weighted by molar-refractivity contribution is 6.08. The lowest BCUT2D eigenvalue weighted by Crippen LogP contribution is -2.20. The molecule has 2 aromatic rings. The van der Waals surface area contributed by atoms with Crippen molar-refractivity contribution in [3.8, 4) is 0 Å². The van der Waals surface area contributed by atoms with Gasteiger partial charge in [-0.2, -0.15) is 0 Å². The lowest BCUT2D eigenvalue weighted by atomic mass is 10.2. The number of aromatic nitrogens is 2. The summed E-state index contributed by atoms with van der Waals surface area (Å²) in [5, 5.41) is 17.9. The van der Waals surface area contributed by atoms with Crippen molar-refractivity contribution in [3.05, 3.63) is 59.2 Å². The van der Waals surface area contributed by atoms with E-state index >= 15 is 0 Å². The SMILES string of the molecule is O=C(O)c1cccnc1C(=O)OC(=O)c1ncccc1C(=O)O. The average molecular weight is 316 g/mol. The second-order valence-corrected chi connectivity index (χ2v) is 4.09. The van der Waals surface area contributed by atoms with E-state index in [4.69, 9.17) is 10.2 Å². The fourth-order valence-electron chi connectivity index (χ4n) is 1.66. The zero-order valence-electron chi connectivity index (χ0n) is 11.3. The number of carbonyl (C=O) groups excluding carboxylic acids is 2. The van der Waals surface area contributed by atoms with Gasteiger partial charge in [0.15, 0.2) is 11.4 Å². The molecule has 116 valence electrons. The van der Waals surface area contributed by atoms with Crippen LogP contribution in [0.2, 0.25) is 0 Å². The Labute approximate surface area is 128 Å². The number of esters is 2. The van der Waals surface area contributed by atoms with Crippen LogP contribution < -0.4 is 0 Å². The first-order chi connectivity index (χ1) is 10.9. The first kappa shape index (κ1) is 15.8.